The van der Waals surface area contributed by atoms with Gasteiger partial charge in [-0.3, -0.25) is 9.69 Å². The van der Waals surface area contributed by atoms with Crippen molar-refractivity contribution in [2.45, 2.75) is 25.8 Å². The Balaban J connectivity index is 2.01. The molecule has 1 atom stereocenters. The molecule has 1 aromatic carbocycles. The van der Waals surface area contributed by atoms with E-state index in [2.05, 4.69) is 28.9 Å². The first-order valence-electron chi connectivity index (χ1n) is 6.49. The number of nitrogens with one attached hydrogen (secondary N) is 1. The van der Waals surface area contributed by atoms with Crippen molar-refractivity contribution in [1.29, 1.82) is 0 Å². The highest BCUT2D eigenvalue weighted by Gasteiger charge is 2.29. The number of carbonyl (C=O) groups excluding carboxylic acids is 1. The summed E-state index contributed by atoms with van der Waals surface area (Å²) >= 11 is 0. The second-order valence-electron chi connectivity index (χ2n) is 5.25. The maximum Gasteiger partial charge on any atom is 0.182 e. The minimum Gasteiger partial charge on any atom is -0.360 e. The van der Waals surface area contributed by atoms with E-state index in [1.807, 2.05) is 19.3 Å². The quantitative estimate of drug-likeness (QED) is 0.822. The van der Waals surface area contributed by atoms with E-state index in [0.717, 1.165) is 35.9 Å². The average Bonchev–Trinajstić information content (AvgIpc) is 2.94. The van der Waals surface area contributed by atoms with Crippen molar-refractivity contribution in [3.63, 3.8) is 0 Å². The molecule has 3 rings (SSSR count). The Morgan fingerprint density at radius 2 is 2.28 bits per heavy atom. The van der Waals surface area contributed by atoms with Crippen LogP contribution in [-0.4, -0.2) is 35.3 Å². The van der Waals surface area contributed by atoms with E-state index in [-0.39, 0.29) is 11.8 Å². The van der Waals surface area contributed by atoms with Crippen molar-refractivity contribution in [3.05, 3.63) is 35.5 Å². The molecule has 0 amide bonds. The minimum atomic E-state index is 0.0605. The monoisotopic (exact) mass is 242 g/mol. The summed E-state index contributed by atoms with van der Waals surface area (Å²) in [5.74, 6) is 0.255. The Labute approximate surface area is 107 Å². The molecule has 1 aliphatic heterocycles. The van der Waals surface area contributed by atoms with Crippen LogP contribution >= 0.6 is 0 Å². The molecule has 1 aromatic heterocycles. The van der Waals surface area contributed by atoms with Crippen molar-refractivity contribution >= 4 is 16.7 Å². The number of likely N-dealkylation sites (N-methyl/N-ethyl adjacent to an activating group) is 1. The van der Waals surface area contributed by atoms with Crippen LogP contribution in [0.15, 0.2) is 24.4 Å². The van der Waals surface area contributed by atoms with Crippen LogP contribution in [0, 0.1) is 6.92 Å². The SMILES string of the molecule is Cc1ccc2c(C(=O)[C@H]3CCCN3C)c[nH]c2c1. The number of aryl methyl sites for hydroxylation is 1. The van der Waals surface area contributed by atoms with Gasteiger partial charge in [0.1, 0.15) is 0 Å². The van der Waals surface area contributed by atoms with Gasteiger partial charge in [0.25, 0.3) is 0 Å². The third-order valence-corrected chi connectivity index (χ3v) is 3.93. The molecule has 0 aliphatic carbocycles. The van der Waals surface area contributed by atoms with Gasteiger partial charge in [-0.2, -0.15) is 0 Å². The van der Waals surface area contributed by atoms with Crippen molar-refractivity contribution in [2.24, 2.45) is 0 Å². The summed E-state index contributed by atoms with van der Waals surface area (Å²) in [6.45, 7) is 3.09. The summed E-state index contributed by atoms with van der Waals surface area (Å²) in [6, 6.07) is 6.25. The zero-order chi connectivity index (χ0) is 12.7. The van der Waals surface area contributed by atoms with Crippen LogP contribution in [0.4, 0.5) is 0 Å². The van der Waals surface area contributed by atoms with E-state index in [9.17, 15) is 4.79 Å². The Kier molecular flexibility index (Phi) is 2.71. The van der Waals surface area contributed by atoms with Crippen LogP contribution in [0.3, 0.4) is 0 Å². The number of hydrogen-bond donors (Lipinski definition) is 1. The number of ketones is 1. The molecular formula is C15H18N2O. The number of fused-ring (bicyclic) bond motifs is 1. The van der Waals surface area contributed by atoms with Gasteiger partial charge in [-0.1, -0.05) is 12.1 Å². The van der Waals surface area contributed by atoms with Crippen molar-refractivity contribution in [1.82, 2.24) is 9.88 Å². The van der Waals surface area contributed by atoms with Gasteiger partial charge in [0.2, 0.25) is 0 Å². The summed E-state index contributed by atoms with van der Waals surface area (Å²) in [6.07, 6.45) is 3.96. The Morgan fingerprint density at radius 1 is 1.44 bits per heavy atom. The smallest absolute Gasteiger partial charge is 0.182 e. The van der Waals surface area contributed by atoms with Crippen LogP contribution in [0.5, 0.6) is 0 Å². The lowest BCUT2D eigenvalue weighted by atomic mass is 10.0. The summed E-state index contributed by atoms with van der Waals surface area (Å²) in [5, 5.41) is 1.05. The zero-order valence-corrected chi connectivity index (χ0v) is 10.9. The van der Waals surface area contributed by atoms with Crippen LogP contribution in [0.2, 0.25) is 0 Å². The Morgan fingerprint density at radius 3 is 3.00 bits per heavy atom. The van der Waals surface area contributed by atoms with E-state index in [0.29, 0.717) is 0 Å². The Hall–Kier alpha value is -1.61. The molecule has 3 nitrogen and oxygen atoms in total. The number of likely N-dealkylation sites (tertiary alicyclic amines) is 1. The molecule has 0 bridgehead atoms. The van der Waals surface area contributed by atoms with E-state index >= 15 is 0 Å². The number of aromatic amines is 1. The summed E-state index contributed by atoms with van der Waals surface area (Å²) < 4.78 is 0. The van der Waals surface area contributed by atoms with Gasteiger partial charge in [0, 0.05) is 22.7 Å². The minimum absolute atomic E-state index is 0.0605. The third-order valence-electron chi connectivity index (χ3n) is 3.93. The second kappa shape index (κ2) is 4.25. The molecule has 2 aromatic rings. The number of hydrogen-bond acceptors (Lipinski definition) is 2. The van der Waals surface area contributed by atoms with Crippen molar-refractivity contribution in [3.8, 4) is 0 Å². The highest BCUT2D eigenvalue weighted by molar-refractivity contribution is 6.10. The predicted octanol–water partition coefficient (Wildman–Crippen LogP) is 2.75. The fourth-order valence-electron chi connectivity index (χ4n) is 2.86. The zero-order valence-electron chi connectivity index (χ0n) is 10.9. The lowest BCUT2D eigenvalue weighted by Gasteiger charge is -2.17. The lowest BCUT2D eigenvalue weighted by Crippen LogP contribution is -2.32. The topological polar surface area (TPSA) is 36.1 Å². The lowest BCUT2D eigenvalue weighted by molar-refractivity contribution is 0.0892. The number of carbonyl (C=O) groups is 1. The third kappa shape index (κ3) is 1.75. The van der Waals surface area contributed by atoms with Crippen molar-refractivity contribution < 1.29 is 4.79 Å². The fraction of sp³-hybridized carbons (Fsp3) is 0.400. The van der Waals surface area contributed by atoms with Crippen LogP contribution in [-0.2, 0) is 0 Å². The van der Waals surface area contributed by atoms with E-state index in [1.165, 1.54) is 5.56 Å². The number of H-pyrrole nitrogens is 1. The van der Waals surface area contributed by atoms with E-state index in [4.69, 9.17) is 0 Å². The molecule has 0 unspecified atom stereocenters. The number of benzene rings is 1. The first-order valence-corrected chi connectivity index (χ1v) is 6.49. The largest absolute Gasteiger partial charge is 0.360 e. The van der Waals surface area contributed by atoms with E-state index < -0.39 is 0 Å². The molecule has 0 radical (unpaired) electrons. The highest BCUT2D eigenvalue weighted by Crippen LogP contribution is 2.25. The summed E-state index contributed by atoms with van der Waals surface area (Å²) in [7, 11) is 2.04. The molecular weight excluding hydrogens is 224 g/mol. The normalized spacial score (nSPS) is 20.7. The van der Waals surface area contributed by atoms with Crippen molar-refractivity contribution in [2.75, 3.05) is 13.6 Å². The average molecular weight is 242 g/mol. The maximum atomic E-state index is 12.6. The first kappa shape index (κ1) is 11.5. The number of aromatic nitrogens is 1. The number of nitrogens with zero attached hydrogens (tertiary/aromatic N) is 1. The molecule has 2 heterocycles. The van der Waals surface area contributed by atoms with Gasteiger partial charge in [0.05, 0.1) is 6.04 Å². The second-order valence-corrected chi connectivity index (χ2v) is 5.25. The first-order chi connectivity index (χ1) is 8.66. The maximum absolute atomic E-state index is 12.6. The van der Waals surface area contributed by atoms with E-state index in [1.54, 1.807) is 0 Å². The number of rotatable bonds is 2. The van der Waals surface area contributed by atoms with Gasteiger partial charge in [-0.25, -0.2) is 0 Å². The fourth-order valence-corrected chi connectivity index (χ4v) is 2.86. The molecule has 1 saturated heterocycles. The van der Waals surface area contributed by atoms with Gasteiger partial charge < -0.3 is 4.98 Å². The van der Waals surface area contributed by atoms with Crippen LogP contribution in [0.1, 0.15) is 28.8 Å². The predicted molar refractivity (Wildman–Crippen MR) is 73.0 cm³/mol. The molecule has 0 saturated carbocycles. The summed E-state index contributed by atoms with van der Waals surface area (Å²) in [4.78, 5) is 17.9. The molecule has 1 N–H and O–H groups in total. The standard InChI is InChI=1S/C15H18N2O/c1-10-5-6-11-12(9-16-13(11)8-10)15(18)14-4-3-7-17(14)2/h5-6,8-9,14,16H,3-4,7H2,1-2H3/t14-/m1/s1. The van der Waals surface area contributed by atoms with Gasteiger partial charge in [-0.05, 0) is 45.0 Å². The molecule has 0 spiro atoms. The molecule has 94 valence electrons. The Bertz CT molecular complexity index is 600. The molecule has 1 fully saturated rings. The van der Waals surface area contributed by atoms with Crippen LogP contribution < -0.4 is 0 Å². The molecule has 3 heteroatoms. The van der Waals surface area contributed by atoms with Gasteiger partial charge >= 0.3 is 0 Å². The van der Waals surface area contributed by atoms with Gasteiger partial charge in [0.15, 0.2) is 5.78 Å². The molecule has 18 heavy (non-hydrogen) atoms. The van der Waals surface area contributed by atoms with Gasteiger partial charge in [-0.15, -0.1) is 0 Å². The number of Topliss-reactive ketones (excluding diaryl/α,β-unsaturated/α-hetero) is 1. The van der Waals surface area contributed by atoms with Crippen LogP contribution in [0.25, 0.3) is 10.9 Å². The molecule has 1 aliphatic rings. The summed E-state index contributed by atoms with van der Waals surface area (Å²) in [5.41, 5.74) is 3.10. The highest BCUT2D eigenvalue weighted by atomic mass is 16.1.